The minimum absolute atomic E-state index is 0.633. The molecule has 0 bridgehead atoms. The fourth-order valence-corrected chi connectivity index (χ4v) is 5.15. The molecule has 0 unspecified atom stereocenters. The van der Waals surface area contributed by atoms with Crippen molar-refractivity contribution >= 4 is 22.7 Å². The minimum Gasteiger partial charge on any atom is -0.298 e. The molecule has 1 saturated heterocycles. The van der Waals surface area contributed by atoms with Crippen LogP contribution >= 0.6 is 22.7 Å². The van der Waals surface area contributed by atoms with Gasteiger partial charge in [0.05, 0.1) is 10.0 Å². The van der Waals surface area contributed by atoms with E-state index in [0.717, 1.165) is 19.0 Å². The van der Waals surface area contributed by atoms with Crippen LogP contribution in [0.1, 0.15) is 58.1 Å². The van der Waals surface area contributed by atoms with Crippen molar-refractivity contribution in [3.63, 3.8) is 0 Å². The maximum Gasteiger partial charge on any atom is 0.0971 e. The van der Waals surface area contributed by atoms with Gasteiger partial charge >= 0.3 is 0 Å². The summed E-state index contributed by atoms with van der Waals surface area (Å²) in [5.74, 6) is 1.42. The highest BCUT2D eigenvalue weighted by atomic mass is 32.1. The van der Waals surface area contributed by atoms with Crippen molar-refractivity contribution < 1.29 is 0 Å². The van der Waals surface area contributed by atoms with Crippen LogP contribution in [0.5, 0.6) is 0 Å². The second-order valence-corrected chi connectivity index (χ2v) is 8.38. The van der Waals surface area contributed by atoms with Crippen LogP contribution in [-0.4, -0.2) is 28.0 Å². The Balaban J connectivity index is 1.40. The molecule has 0 spiro atoms. The van der Waals surface area contributed by atoms with Crippen molar-refractivity contribution in [2.24, 2.45) is 0 Å². The predicted molar refractivity (Wildman–Crippen MR) is 88.2 cm³/mol. The molecular weight excluding hydrogens is 298 g/mol. The molecule has 3 nitrogen and oxygen atoms in total. The van der Waals surface area contributed by atoms with Gasteiger partial charge in [0.25, 0.3) is 0 Å². The van der Waals surface area contributed by atoms with E-state index in [0.29, 0.717) is 5.92 Å². The molecule has 2 fully saturated rings. The van der Waals surface area contributed by atoms with E-state index in [9.17, 15) is 0 Å². The molecule has 5 heteroatoms. The molecule has 112 valence electrons. The number of thiazole rings is 2. The van der Waals surface area contributed by atoms with Gasteiger partial charge in [-0.25, -0.2) is 9.97 Å². The summed E-state index contributed by atoms with van der Waals surface area (Å²) >= 11 is 3.77. The zero-order valence-corrected chi connectivity index (χ0v) is 14.1. The Hall–Kier alpha value is -0.780. The average molecular weight is 319 g/mol. The van der Waals surface area contributed by atoms with Crippen LogP contribution in [-0.2, 0) is 6.54 Å². The molecule has 21 heavy (non-hydrogen) atoms. The summed E-state index contributed by atoms with van der Waals surface area (Å²) in [6.07, 6.45) is 7.39. The number of rotatable bonds is 4. The first-order chi connectivity index (χ1) is 10.3. The van der Waals surface area contributed by atoms with Gasteiger partial charge in [-0.05, 0) is 39.2 Å². The Morgan fingerprint density at radius 1 is 1.24 bits per heavy atom. The third-order valence-corrected chi connectivity index (χ3v) is 6.64. The summed E-state index contributed by atoms with van der Waals surface area (Å²) in [5, 5.41) is 4.88. The summed E-state index contributed by atoms with van der Waals surface area (Å²) < 4.78 is 0. The first-order valence-electron chi connectivity index (χ1n) is 7.87. The second kappa shape index (κ2) is 5.78. The van der Waals surface area contributed by atoms with Crippen LogP contribution in [0.3, 0.4) is 0 Å². The Bertz CT molecular complexity index is 615. The normalized spacial score (nSPS) is 23.6. The quantitative estimate of drug-likeness (QED) is 0.847. The molecule has 4 rings (SSSR count). The molecule has 1 aliphatic heterocycles. The Morgan fingerprint density at radius 2 is 2.14 bits per heavy atom. The Labute approximate surface area is 134 Å². The lowest BCUT2D eigenvalue weighted by molar-refractivity contribution is 0.201. The molecular formula is C16H21N3S2. The fourth-order valence-electron chi connectivity index (χ4n) is 3.10. The van der Waals surface area contributed by atoms with Crippen LogP contribution in [0.25, 0.3) is 0 Å². The molecule has 0 radical (unpaired) electrons. The monoisotopic (exact) mass is 319 g/mol. The first-order valence-corrected chi connectivity index (χ1v) is 9.56. The van der Waals surface area contributed by atoms with Crippen molar-refractivity contribution in [3.8, 4) is 0 Å². The largest absolute Gasteiger partial charge is 0.298 e. The van der Waals surface area contributed by atoms with Crippen LogP contribution in [0.15, 0.2) is 11.6 Å². The maximum atomic E-state index is 4.69. The van der Waals surface area contributed by atoms with Gasteiger partial charge in [0, 0.05) is 47.1 Å². The molecule has 1 atom stereocenters. The molecule has 1 saturated carbocycles. The summed E-state index contributed by atoms with van der Waals surface area (Å²) in [6, 6.07) is 0. The van der Waals surface area contributed by atoms with Gasteiger partial charge in [-0.1, -0.05) is 0 Å². The van der Waals surface area contributed by atoms with Crippen molar-refractivity contribution in [3.05, 3.63) is 32.2 Å². The van der Waals surface area contributed by atoms with Crippen molar-refractivity contribution in [2.45, 2.75) is 51.0 Å². The average Bonchev–Trinajstić information content (AvgIpc) is 3.09. The standard InChI is InChI=1S/C16H21N3S2/c1-11-10-20-16(18-11)13-3-2-6-19(8-13)9-14-7-17-15(21-14)12-4-5-12/h7,10,12-13H,2-6,8-9H2,1H3/t13-/m0/s1. The highest BCUT2D eigenvalue weighted by molar-refractivity contribution is 7.11. The highest BCUT2D eigenvalue weighted by Crippen LogP contribution is 2.42. The van der Waals surface area contributed by atoms with E-state index >= 15 is 0 Å². The van der Waals surface area contributed by atoms with Gasteiger partial charge in [0.15, 0.2) is 0 Å². The van der Waals surface area contributed by atoms with E-state index in [1.54, 1.807) is 0 Å². The van der Waals surface area contributed by atoms with Crippen molar-refractivity contribution in [1.29, 1.82) is 0 Å². The van der Waals surface area contributed by atoms with E-state index in [1.165, 1.54) is 52.8 Å². The molecule has 0 aromatic carbocycles. The smallest absolute Gasteiger partial charge is 0.0971 e. The summed E-state index contributed by atoms with van der Waals surface area (Å²) in [7, 11) is 0. The van der Waals surface area contributed by atoms with E-state index in [-0.39, 0.29) is 0 Å². The van der Waals surface area contributed by atoms with E-state index in [1.807, 2.05) is 22.7 Å². The number of aryl methyl sites for hydroxylation is 1. The number of likely N-dealkylation sites (tertiary alicyclic amines) is 1. The van der Waals surface area contributed by atoms with Crippen LogP contribution < -0.4 is 0 Å². The summed E-state index contributed by atoms with van der Waals surface area (Å²) in [5.41, 5.74) is 1.17. The Kier molecular flexibility index (Phi) is 3.81. The van der Waals surface area contributed by atoms with Gasteiger partial charge in [0.1, 0.15) is 0 Å². The maximum absolute atomic E-state index is 4.69. The molecule has 0 N–H and O–H groups in total. The van der Waals surface area contributed by atoms with E-state index in [4.69, 9.17) is 4.98 Å². The summed E-state index contributed by atoms with van der Waals surface area (Å²) in [4.78, 5) is 13.3. The minimum atomic E-state index is 0.633. The number of hydrogen-bond acceptors (Lipinski definition) is 5. The number of aromatic nitrogens is 2. The Morgan fingerprint density at radius 3 is 2.90 bits per heavy atom. The lowest BCUT2D eigenvalue weighted by Crippen LogP contribution is -2.33. The molecule has 1 aliphatic carbocycles. The lowest BCUT2D eigenvalue weighted by Gasteiger charge is -2.31. The fraction of sp³-hybridized carbons (Fsp3) is 0.625. The molecule has 2 aliphatic rings. The van der Waals surface area contributed by atoms with Crippen LogP contribution in [0.2, 0.25) is 0 Å². The predicted octanol–water partition coefficient (Wildman–Crippen LogP) is 4.17. The van der Waals surface area contributed by atoms with E-state index < -0.39 is 0 Å². The molecule has 2 aromatic heterocycles. The zero-order chi connectivity index (χ0) is 14.2. The third-order valence-electron chi connectivity index (χ3n) is 4.37. The van der Waals surface area contributed by atoms with Gasteiger partial charge in [-0.2, -0.15) is 0 Å². The van der Waals surface area contributed by atoms with Gasteiger partial charge < -0.3 is 0 Å². The van der Waals surface area contributed by atoms with Gasteiger partial charge in [-0.3, -0.25) is 4.90 Å². The number of nitrogens with zero attached hydrogens (tertiary/aromatic N) is 3. The van der Waals surface area contributed by atoms with Crippen molar-refractivity contribution in [1.82, 2.24) is 14.9 Å². The number of hydrogen-bond donors (Lipinski definition) is 0. The molecule has 0 amide bonds. The first kappa shape index (κ1) is 13.9. The van der Waals surface area contributed by atoms with Gasteiger partial charge in [0.2, 0.25) is 0 Å². The molecule has 3 heterocycles. The lowest BCUT2D eigenvalue weighted by atomic mass is 9.99. The van der Waals surface area contributed by atoms with Crippen LogP contribution in [0, 0.1) is 6.92 Å². The van der Waals surface area contributed by atoms with Crippen LogP contribution in [0.4, 0.5) is 0 Å². The third kappa shape index (κ3) is 3.20. The summed E-state index contributed by atoms with van der Waals surface area (Å²) in [6.45, 7) is 5.55. The van der Waals surface area contributed by atoms with Gasteiger partial charge in [-0.15, -0.1) is 22.7 Å². The zero-order valence-electron chi connectivity index (χ0n) is 12.4. The SMILES string of the molecule is Cc1csc([C@H]2CCCN(Cc3cnc(C4CC4)s3)C2)n1. The second-order valence-electron chi connectivity index (χ2n) is 6.34. The van der Waals surface area contributed by atoms with E-state index in [2.05, 4.69) is 28.4 Å². The number of piperidine rings is 1. The highest BCUT2D eigenvalue weighted by Gasteiger charge is 2.28. The van der Waals surface area contributed by atoms with Crippen molar-refractivity contribution in [2.75, 3.05) is 13.1 Å². The molecule has 2 aromatic rings. The topological polar surface area (TPSA) is 29.0 Å².